The number of nitrogens with zero attached hydrogens (tertiary/aromatic N) is 1. The molecule has 0 saturated heterocycles. The molecule has 2 N–H and O–H groups in total. The summed E-state index contributed by atoms with van der Waals surface area (Å²) in [5, 5.41) is 19.3. The van der Waals surface area contributed by atoms with Crippen LogP contribution in [0.5, 0.6) is 0 Å². The number of hydrogen-bond acceptors (Lipinski definition) is 6. The first-order valence-corrected chi connectivity index (χ1v) is 11.3. The number of aryl methyl sites for hydroxylation is 1. The van der Waals surface area contributed by atoms with Crippen LogP contribution in [0.15, 0.2) is 24.3 Å². The molecule has 0 aliphatic rings. The van der Waals surface area contributed by atoms with Gasteiger partial charge in [-0.3, -0.25) is 4.79 Å². The lowest BCUT2D eigenvalue weighted by Gasteiger charge is -2.42. The van der Waals surface area contributed by atoms with E-state index < -0.39 is 33.4 Å². The molecular formula is C19H31NO7Si. The highest BCUT2D eigenvalue weighted by atomic mass is 28.4. The number of anilines is 1. The molecule has 0 bridgehead atoms. The second-order valence-corrected chi connectivity index (χ2v) is 8.42. The molecule has 28 heavy (non-hydrogen) atoms. The van der Waals surface area contributed by atoms with E-state index >= 15 is 0 Å². The van der Waals surface area contributed by atoms with Crippen LogP contribution in [0.1, 0.15) is 46.1 Å². The number of carbonyl (C=O) groups is 2. The Morgan fingerprint density at radius 1 is 1.00 bits per heavy atom. The SMILES string of the molecule is CCCc1ccccc1N(C(CC(=O)O)C(=O)O)[Si](OCC)(OCC)OCC. The summed E-state index contributed by atoms with van der Waals surface area (Å²) in [5.74, 6) is -2.50. The van der Waals surface area contributed by atoms with Crippen molar-refractivity contribution in [3.63, 3.8) is 0 Å². The Hall–Kier alpha value is -1.94. The van der Waals surface area contributed by atoms with Gasteiger partial charge in [-0.2, -0.15) is 0 Å². The third kappa shape index (κ3) is 6.03. The third-order valence-corrected chi connectivity index (χ3v) is 7.11. The molecule has 0 spiro atoms. The summed E-state index contributed by atoms with van der Waals surface area (Å²) < 4.78 is 19.3. The second kappa shape index (κ2) is 11.8. The Kier molecular flexibility index (Phi) is 10.2. The maximum Gasteiger partial charge on any atom is 0.634 e. The van der Waals surface area contributed by atoms with Crippen molar-refractivity contribution < 1.29 is 33.1 Å². The monoisotopic (exact) mass is 413 g/mol. The summed E-state index contributed by atoms with van der Waals surface area (Å²) in [4.78, 5) is 23.6. The highest BCUT2D eigenvalue weighted by Crippen LogP contribution is 2.32. The van der Waals surface area contributed by atoms with E-state index in [-0.39, 0.29) is 19.8 Å². The topological polar surface area (TPSA) is 106 Å². The van der Waals surface area contributed by atoms with E-state index in [0.717, 1.165) is 12.0 Å². The van der Waals surface area contributed by atoms with Gasteiger partial charge in [-0.15, -0.1) is 0 Å². The molecule has 1 aromatic rings. The second-order valence-electron chi connectivity index (χ2n) is 6.02. The molecule has 1 rings (SSSR count). The molecule has 0 radical (unpaired) electrons. The smallest absolute Gasteiger partial charge is 0.481 e. The van der Waals surface area contributed by atoms with Crippen LogP contribution in [-0.2, 0) is 29.3 Å². The number of hydrogen-bond donors (Lipinski definition) is 2. The lowest BCUT2D eigenvalue weighted by atomic mass is 10.1. The largest absolute Gasteiger partial charge is 0.634 e. The molecular weight excluding hydrogens is 382 g/mol. The average Bonchev–Trinajstić information content (AvgIpc) is 2.63. The van der Waals surface area contributed by atoms with Gasteiger partial charge in [-0.1, -0.05) is 31.5 Å². The molecule has 8 nitrogen and oxygen atoms in total. The summed E-state index contributed by atoms with van der Waals surface area (Å²) in [7, 11) is -3.73. The first-order chi connectivity index (χ1) is 13.4. The Balaban J connectivity index is 3.73. The van der Waals surface area contributed by atoms with Crippen molar-refractivity contribution in [3.8, 4) is 0 Å². The van der Waals surface area contributed by atoms with Crippen LogP contribution in [0.4, 0.5) is 5.69 Å². The summed E-state index contributed by atoms with van der Waals surface area (Å²) in [6, 6.07) is 5.91. The number of rotatable bonds is 14. The third-order valence-electron chi connectivity index (χ3n) is 4.01. The van der Waals surface area contributed by atoms with Gasteiger partial charge in [-0.25, -0.2) is 4.79 Å². The molecule has 1 unspecified atom stereocenters. The summed E-state index contributed by atoms with van der Waals surface area (Å²) >= 11 is 0. The highest BCUT2D eigenvalue weighted by molar-refractivity contribution is 6.66. The zero-order chi connectivity index (χ0) is 21.2. The molecule has 0 amide bonds. The molecule has 0 aliphatic heterocycles. The van der Waals surface area contributed by atoms with Gasteiger partial charge in [0.2, 0.25) is 0 Å². The molecule has 0 saturated carbocycles. The molecule has 158 valence electrons. The van der Waals surface area contributed by atoms with Gasteiger partial charge in [-0.05, 0) is 38.8 Å². The van der Waals surface area contributed by atoms with Gasteiger partial charge in [0.1, 0.15) is 6.04 Å². The number of para-hydroxylation sites is 1. The number of carboxylic acids is 2. The van der Waals surface area contributed by atoms with E-state index in [9.17, 15) is 19.8 Å². The average molecular weight is 414 g/mol. The van der Waals surface area contributed by atoms with E-state index in [1.807, 2.05) is 19.1 Å². The van der Waals surface area contributed by atoms with Crippen molar-refractivity contribution in [1.29, 1.82) is 0 Å². The van der Waals surface area contributed by atoms with Crippen LogP contribution in [0.3, 0.4) is 0 Å². The van der Waals surface area contributed by atoms with Crippen molar-refractivity contribution in [1.82, 2.24) is 0 Å². The van der Waals surface area contributed by atoms with Gasteiger partial charge in [0, 0.05) is 25.5 Å². The van der Waals surface area contributed by atoms with Gasteiger partial charge in [0.15, 0.2) is 0 Å². The fourth-order valence-corrected chi connectivity index (χ4v) is 5.93. The van der Waals surface area contributed by atoms with Crippen molar-refractivity contribution in [3.05, 3.63) is 29.8 Å². The first-order valence-electron chi connectivity index (χ1n) is 9.60. The molecule has 1 aromatic carbocycles. The van der Waals surface area contributed by atoms with Crippen molar-refractivity contribution in [2.75, 3.05) is 24.4 Å². The predicted molar refractivity (Wildman–Crippen MR) is 107 cm³/mol. The van der Waals surface area contributed by atoms with Gasteiger partial charge in [0.25, 0.3) is 0 Å². The molecule has 0 fully saturated rings. The van der Waals surface area contributed by atoms with Crippen molar-refractivity contribution in [2.24, 2.45) is 0 Å². The minimum atomic E-state index is -3.73. The quantitative estimate of drug-likeness (QED) is 0.449. The predicted octanol–water partition coefficient (Wildman–Crippen LogP) is 2.92. The van der Waals surface area contributed by atoms with Crippen LogP contribution in [0, 0.1) is 0 Å². The highest BCUT2D eigenvalue weighted by Gasteiger charge is 2.54. The van der Waals surface area contributed by atoms with E-state index in [0.29, 0.717) is 12.1 Å². The number of benzene rings is 1. The molecule has 0 aliphatic carbocycles. The lowest BCUT2D eigenvalue weighted by Crippen LogP contribution is -2.67. The number of carboxylic acid groups (broad SMARTS) is 2. The van der Waals surface area contributed by atoms with Crippen LogP contribution >= 0.6 is 0 Å². The molecule has 1 atom stereocenters. The zero-order valence-corrected chi connectivity index (χ0v) is 18.0. The van der Waals surface area contributed by atoms with Gasteiger partial charge in [0.05, 0.1) is 6.42 Å². The molecule has 9 heteroatoms. The first kappa shape index (κ1) is 24.1. The summed E-state index contributed by atoms with van der Waals surface area (Å²) in [6.45, 7) is 8.02. The fourth-order valence-electron chi connectivity index (χ4n) is 3.07. The standard InChI is InChI=1S/C19H31NO7Si/c1-5-11-15-12-9-10-13-16(15)20(17(19(23)24)14-18(21)22)28(25-6-2,26-7-3)27-8-4/h9-10,12-13,17H,5-8,11,14H2,1-4H3,(H,21,22)(H,23,24). The fraction of sp³-hybridized carbons (Fsp3) is 0.579. The van der Waals surface area contributed by atoms with Crippen LogP contribution < -0.4 is 4.57 Å². The Labute approximate surface area is 167 Å². The van der Waals surface area contributed by atoms with Crippen LogP contribution in [0.2, 0.25) is 0 Å². The minimum Gasteiger partial charge on any atom is -0.481 e. The molecule has 0 heterocycles. The number of aliphatic carboxylic acids is 2. The minimum absolute atomic E-state index is 0.234. The maximum absolute atomic E-state index is 12.1. The van der Waals surface area contributed by atoms with Crippen molar-refractivity contribution in [2.45, 2.75) is 53.0 Å². The molecule has 0 aromatic heterocycles. The summed E-state index contributed by atoms with van der Waals surface area (Å²) in [6.07, 6.45) is 0.923. The Bertz CT molecular complexity index is 623. The van der Waals surface area contributed by atoms with Gasteiger partial charge < -0.3 is 28.1 Å². The van der Waals surface area contributed by atoms with Crippen LogP contribution in [0.25, 0.3) is 0 Å². The van der Waals surface area contributed by atoms with Crippen molar-refractivity contribution >= 4 is 26.6 Å². The Morgan fingerprint density at radius 2 is 1.54 bits per heavy atom. The van der Waals surface area contributed by atoms with Gasteiger partial charge >= 0.3 is 20.9 Å². The normalized spacial score (nSPS) is 12.6. The van der Waals surface area contributed by atoms with E-state index in [4.69, 9.17) is 13.3 Å². The van der Waals surface area contributed by atoms with E-state index in [2.05, 4.69) is 0 Å². The lowest BCUT2D eigenvalue weighted by molar-refractivity contribution is -0.145. The summed E-state index contributed by atoms with van der Waals surface area (Å²) in [5.41, 5.74) is 1.46. The maximum atomic E-state index is 12.1. The Morgan fingerprint density at radius 3 is 1.96 bits per heavy atom. The van der Waals surface area contributed by atoms with E-state index in [1.165, 1.54) is 4.57 Å². The zero-order valence-electron chi connectivity index (χ0n) is 17.0. The van der Waals surface area contributed by atoms with Crippen LogP contribution in [-0.4, -0.2) is 57.0 Å². The van der Waals surface area contributed by atoms with E-state index in [1.54, 1.807) is 32.9 Å².